The predicted octanol–water partition coefficient (Wildman–Crippen LogP) is 2.24. The minimum atomic E-state index is 0.898. The highest BCUT2D eigenvalue weighted by molar-refractivity contribution is 9.10. The number of hydrogen-bond acceptors (Lipinski definition) is 2. The van der Waals surface area contributed by atoms with E-state index < -0.39 is 0 Å². The summed E-state index contributed by atoms with van der Waals surface area (Å²) < 4.78 is 1.07. The molecule has 0 aliphatic rings. The fourth-order valence-electron chi connectivity index (χ4n) is 1.10. The van der Waals surface area contributed by atoms with E-state index >= 15 is 0 Å². The monoisotopic (exact) mass is 237 g/mol. The van der Waals surface area contributed by atoms with Crippen molar-refractivity contribution in [2.75, 3.05) is 0 Å². The summed E-state index contributed by atoms with van der Waals surface area (Å²) >= 11 is 3.38. The van der Waals surface area contributed by atoms with Gasteiger partial charge in [-0.1, -0.05) is 28.1 Å². The molecule has 66 valence electrons. The van der Waals surface area contributed by atoms with Crippen LogP contribution in [0.5, 0.6) is 0 Å². The lowest BCUT2D eigenvalue weighted by Crippen LogP contribution is -1.91. The second-order valence-electron chi connectivity index (χ2n) is 2.73. The highest BCUT2D eigenvalue weighted by atomic mass is 79.9. The highest BCUT2D eigenvalue weighted by Gasteiger charge is 2.00. The lowest BCUT2D eigenvalue weighted by molar-refractivity contribution is 0.655. The summed E-state index contributed by atoms with van der Waals surface area (Å²) in [6.07, 6.45) is 1.75. The van der Waals surface area contributed by atoms with Crippen LogP contribution < -0.4 is 0 Å². The first-order chi connectivity index (χ1) is 6.25. The van der Waals surface area contributed by atoms with E-state index in [1.807, 2.05) is 31.3 Å². The third kappa shape index (κ3) is 1.78. The van der Waals surface area contributed by atoms with Crippen molar-refractivity contribution in [2.24, 2.45) is 7.05 Å². The molecule has 0 aliphatic heterocycles. The number of benzene rings is 1. The van der Waals surface area contributed by atoms with Gasteiger partial charge in [0.15, 0.2) is 0 Å². The molecule has 2 rings (SSSR count). The zero-order valence-electron chi connectivity index (χ0n) is 7.11. The lowest BCUT2D eigenvalue weighted by atomic mass is 10.2. The van der Waals surface area contributed by atoms with Crippen molar-refractivity contribution in [3.63, 3.8) is 0 Å². The van der Waals surface area contributed by atoms with Gasteiger partial charge in [-0.3, -0.25) is 0 Å². The third-order valence-electron chi connectivity index (χ3n) is 1.74. The van der Waals surface area contributed by atoms with E-state index in [2.05, 4.69) is 26.1 Å². The van der Waals surface area contributed by atoms with Gasteiger partial charge in [-0.25, -0.2) is 0 Å². The van der Waals surface area contributed by atoms with E-state index in [-0.39, 0.29) is 0 Å². The van der Waals surface area contributed by atoms with Crippen LogP contribution >= 0.6 is 15.9 Å². The molecule has 1 aromatic carbocycles. The van der Waals surface area contributed by atoms with Gasteiger partial charge in [-0.2, -0.15) is 15.0 Å². The standard InChI is InChI=1S/C9H8BrN3/c1-13-11-6-9(12-13)7-2-4-8(10)5-3-7/h2-6H,1H3. The molecule has 0 saturated heterocycles. The molecule has 0 saturated carbocycles. The van der Waals surface area contributed by atoms with Gasteiger partial charge in [-0.05, 0) is 12.1 Å². The van der Waals surface area contributed by atoms with Crippen LogP contribution in [-0.2, 0) is 7.05 Å². The average Bonchev–Trinajstić information content (AvgIpc) is 2.53. The van der Waals surface area contributed by atoms with Crippen molar-refractivity contribution in [1.82, 2.24) is 15.0 Å². The molecule has 0 bridgehead atoms. The van der Waals surface area contributed by atoms with Crippen molar-refractivity contribution in [3.8, 4) is 11.3 Å². The van der Waals surface area contributed by atoms with Crippen LogP contribution in [0.1, 0.15) is 0 Å². The maximum atomic E-state index is 4.20. The SMILES string of the molecule is Cn1ncc(-c2ccc(Br)cc2)n1. The Balaban J connectivity index is 2.41. The second-order valence-corrected chi connectivity index (χ2v) is 3.64. The molecule has 0 N–H and O–H groups in total. The second kappa shape index (κ2) is 3.30. The number of aryl methyl sites for hydroxylation is 1. The summed E-state index contributed by atoms with van der Waals surface area (Å²) in [6.45, 7) is 0. The molecule has 2 aromatic rings. The lowest BCUT2D eigenvalue weighted by Gasteiger charge is -1.94. The van der Waals surface area contributed by atoms with Gasteiger partial charge < -0.3 is 0 Å². The molecule has 0 unspecified atom stereocenters. The van der Waals surface area contributed by atoms with E-state index in [1.165, 1.54) is 0 Å². The first-order valence-corrected chi connectivity index (χ1v) is 4.67. The van der Waals surface area contributed by atoms with Crippen molar-refractivity contribution < 1.29 is 0 Å². The largest absolute Gasteiger partial charge is 0.187 e. The molecule has 3 nitrogen and oxygen atoms in total. The molecule has 0 amide bonds. The normalized spacial score (nSPS) is 10.3. The topological polar surface area (TPSA) is 30.7 Å². The minimum Gasteiger partial charge on any atom is -0.187 e. The van der Waals surface area contributed by atoms with Crippen molar-refractivity contribution >= 4 is 15.9 Å². The molecule has 13 heavy (non-hydrogen) atoms. The first-order valence-electron chi connectivity index (χ1n) is 3.88. The maximum Gasteiger partial charge on any atom is 0.113 e. The van der Waals surface area contributed by atoms with E-state index in [0.717, 1.165) is 15.7 Å². The summed E-state index contributed by atoms with van der Waals surface area (Å²) in [6, 6.07) is 8.00. The number of nitrogens with zero attached hydrogens (tertiary/aromatic N) is 3. The van der Waals surface area contributed by atoms with Gasteiger partial charge in [0, 0.05) is 17.1 Å². The minimum absolute atomic E-state index is 0.898. The summed E-state index contributed by atoms with van der Waals surface area (Å²) in [5.41, 5.74) is 1.98. The van der Waals surface area contributed by atoms with Gasteiger partial charge in [0.2, 0.25) is 0 Å². The van der Waals surface area contributed by atoms with E-state index in [1.54, 1.807) is 11.0 Å². The van der Waals surface area contributed by atoms with Crippen LogP contribution in [0.25, 0.3) is 11.3 Å². The Bertz CT molecular complexity index is 405. The zero-order valence-corrected chi connectivity index (χ0v) is 8.69. The Morgan fingerprint density at radius 3 is 2.46 bits per heavy atom. The molecule has 0 aliphatic carbocycles. The quantitative estimate of drug-likeness (QED) is 0.762. The Kier molecular flexibility index (Phi) is 2.14. The molecule has 1 heterocycles. The fourth-order valence-corrected chi connectivity index (χ4v) is 1.36. The first kappa shape index (κ1) is 8.44. The van der Waals surface area contributed by atoms with E-state index in [9.17, 15) is 0 Å². The fraction of sp³-hybridized carbons (Fsp3) is 0.111. The molecule has 1 aromatic heterocycles. The maximum absolute atomic E-state index is 4.20. The molecular formula is C9H8BrN3. The third-order valence-corrected chi connectivity index (χ3v) is 2.27. The smallest absolute Gasteiger partial charge is 0.113 e. The zero-order chi connectivity index (χ0) is 9.26. The van der Waals surface area contributed by atoms with Gasteiger partial charge in [0.25, 0.3) is 0 Å². The molecule has 0 radical (unpaired) electrons. The summed E-state index contributed by atoms with van der Waals surface area (Å²) in [5, 5.41) is 8.21. The molecule has 0 spiro atoms. The Morgan fingerprint density at radius 2 is 1.92 bits per heavy atom. The van der Waals surface area contributed by atoms with Crippen molar-refractivity contribution in [2.45, 2.75) is 0 Å². The van der Waals surface area contributed by atoms with E-state index in [0.29, 0.717) is 0 Å². The van der Waals surface area contributed by atoms with Crippen molar-refractivity contribution in [1.29, 1.82) is 0 Å². The molecular weight excluding hydrogens is 230 g/mol. The molecule has 0 fully saturated rings. The van der Waals surface area contributed by atoms with Crippen LogP contribution in [0.4, 0.5) is 0 Å². The Hall–Kier alpha value is -1.16. The van der Waals surface area contributed by atoms with Crippen LogP contribution in [0.2, 0.25) is 0 Å². The highest BCUT2D eigenvalue weighted by Crippen LogP contribution is 2.18. The van der Waals surface area contributed by atoms with Gasteiger partial charge in [0.05, 0.1) is 6.20 Å². The molecule has 4 heteroatoms. The number of hydrogen-bond donors (Lipinski definition) is 0. The van der Waals surface area contributed by atoms with E-state index in [4.69, 9.17) is 0 Å². The summed E-state index contributed by atoms with van der Waals surface area (Å²) in [7, 11) is 1.81. The van der Waals surface area contributed by atoms with Gasteiger partial charge in [-0.15, -0.1) is 0 Å². The van der Waals surface area contributed by atoms with Crippen LogP contribution in [0.3, 0.4) is 0 Å². The van der Waals surface area contributed by atoms with Crippen LogP contribution in [-0.4, -0.2) is 15.0 Å². The predicted molar refractivity (Wildman–Crippen MR) is 54.1 cm³/mol. The van der Waals surface area contributed by atoms with Crippen LogP contribution in [0, 0.1) is 0 Å². The Labute approximate surface area is 84.5 Å². The van der Waals surface area contributed by atoms with Crippen LogP contribution in [0.15, 0.2) is 34.9 Å². The Morgan fingerprint density at radius 1 is 1.23 bits per heavy atom. The summed E-state index contributed by atoms with van der Waals surface area (Å²) in [4.78, 5) is 1.55. The van der Waals surface area contributed by atoms with Crippen molar-refractivity contribution in [3.05, 3.63) is 34.9 Å². The molecule has 0 atom stereocenters. The number of rotatable bonds is 1. The number of aromatic nitrogens is 3. The summed E-state index contributed by atoms with van der Waals surface area (Å²) in [5.74, 6) is 0. The van der Waals surface area contributed by atoms with Gasteiger partial charge in [0.1, 0.15) is 5.69 Å². The number of halogens is 1. The van der Waals surface area contributed by atoms with Gasteiger partial charge >= 0.3 is 0 Å². The average molecular weight is 238 g/mol.